The minimum atomic E-state index is 0.529. The number of aromatic nitrogens is 2. The molecular weight excluding hydrogens is 284 g/mol. The number of nitrogens with one attached hydrogen (secondary N) is 1. The van der Waals surface area contributed by atoms with E-state index in [9.17, 15) is 0 Å². The molecule has 1 aliphatic heterocycles. The second-order valence-corrected chi connectivity index (χ2v) is 6.44. The van der Waals surface area contributed by atoms with E-state index < -0.39 is 0 Å². The lowest BCUT2D eigenvalue weighted by Crippen LogP contribution is -2.49. The van der Waals surface area contributed by atoms with E-state index in [1.807, 2.05) is 10.9 Å². The topological polar surface area (TPSA) is 33.1 Å². The summed E-state index contributed by atoms with van der Waals surface area (Å²) >= 11 is 0. The summed E-state index contributed by atoms with van der Waals surface area (Å²) in [5.74, 6) is 0. The molecule has 0 aliphatic carbocycles. The number of hydrogen-bond acceptors (Lipinski definition) is 3. The van der Waals surface area contributed by atoms with Crippen LogP contribution in [0.2, 0.25) is 0 Å². The minimum Gasteiger partial charge on any atom is -0.369 e. The SMILES string of the molecule is Cc1cccc(-n2ncc3ccc(N4CCNC(C)C4)cc32)c1. The predicted molar refractivity (Wildman–Crippen MR) is 95.5 cm³/mol. The summed E-state index contributed by atoms with van der Waals surface area (Å²) in [4.78, 5) is 2.45. The fraction of sp³-hybridized carbons (Fsp3) is 0.316. The number of aryl methyl sites for hydroxylation is 1. The fourth-order valence-electron chi connectivity index (χ4n) is 3.34. The highest BCUT2D eigenvalue weighted by Crippen LogP contribution is 2.25. The van der Waals surface area contributed by atoms with Gasteiger partial charge < -0.3 is 10.2 Å². The van der Waals surface area contributed by atoms with Gasteiger partial charge in [-0.2, -0.15) is 5.10 Å². The molecule has 0 radical (unpaired) electrons. The molecule has 4 nitrogen and oxygen atoms in total. The number of hydrogen-bond donors (Lipinski definition) is 1. The summed E-state index contributed by atoms with van der Waals surface area (Å²) in [6, 6.07) is 15.7. The third-order valence-corrected chi connectivity index (χ3v) is 4.53. The molecular formula is C19H22N4. The zero-order valence-electron chi connectivity index (χ0n) is 13.7. The number of piperazine rings is 1. The highest BCUT2D eigenvalue weighted by Gasteiger charge is 2.17. The van der Waals surface area contributed by atoms with E-state index in [4.69, 9.17) is 0 Å². The highest BCUT2D eigenvalue weighted by atomic mass is 15.3. The molecule has 2 heterocycles. The lowest BCUT2D eigenvalue weighted by molar-refractivity contribution is 0.485. The van der Waals surface area contributed by atoms with Gasteiger partial charge in [-0.25, -0.2) is 4.68 Å². The molecule has 1 saturated heterocycles. The highest BCUT2D eigenvalue weighted by molar-refractivity contribution is 5.84. The van der Waals surface area contributed by atoms with Crippen molar-refractivity contribution >= 4 is 16.6 Å². The van der Waals surface area contributed by atoms with Gasteiger partial charge in [-0.15, -0.1) is 0 Å². The van der Waals surface area contributed by atoms with E-state index in [0.29, 0.717) is 6.04 Å². The summed E-state index contributed by atoms with van der Waals surface area (Å²) in [6.45, 7) is 7.49. The molecule has 1 unspecified atom stereocenters. The van der Waals surface area contributed by atoms with Crippen LogP contribution in [0, 0.1) is 6.92 Å². The van der Waals surface area contributed by atoms with E-state index in [0.717, 1.165) is 25.3 Å². The first kappa shape index (κ1) is 14.3. The van der Waals surface area contributed by atoms with Gasteiger partial charge in [-0.05, 0) is 49.7 Å². The number of rotatable bonds is 2. The van der Waals surface area contributed by atoms with Gasteiger partial charge in [0.2, 0.25) is 0 Å². The van der Waals surface area contributed by atoms with Gasteiger partial charge in [0.25, 0.3) is 0 Å². The van der Waals surface area contributed by atoms with Crippen LogP contribution in [0.4, 0.5) is 5.69 Å². The zero-order chi connectivity index (χ0) is 15.8. The molecule has 0 bridgehead atoms. The molecule has 1 fully saturated rings. The maximum absolute atomic E-state index is 4.59. The van der Waals surface area contributed by atoms with Crippen LogP contribution >= 0.6 is 0 Å². The fourth-order valence-corrected chi connectivity index (χ4v) is 3.34. The molecule has 1 aliphatic rings. The summed E-state index contributed by atoms with van der Waals surface area (Å²) in [5, 5.41) is 9.27. The first-order valence-corrected chi connectivity index (χ1v) is 8.24. The normalized spacial score (nSPS) is 18.5. The predicted octanol–water partition coefficient (Wildman–Crippen LogP) is 3.13. The second kappa shape index (κ2) is 5.70. The monoisotopic (exact) mass is 306 g/mol. The summed E-state index contributed by atoms with van der Waals surface area (Å²) in [6.07, 6.45) is 1.95. The summed E-state index contributed by atoms with van der Waals surface area (Å²) in [7, 11) is 0. The van der Waals surface area contributed by atoms with Crippen LogP contribution in [0.1, 0.15) is 12.5 Å². The maximum Gasteiger partial charge on any atom is 0.0761 e. The van der Waals surface area contributed by atoms with Crippen LogP contribution in [0.5, 0.6) is 0 Å². The van der Waals surface area contributed by atoms with Crippen molar-refractivity contribution in [1.29, 1.82) is 0 Å². The Morgan fingerprint density at radius 2 is 2.04 bits per heavy atom. The van der Waals surface area contributed by atoms with Crippen LogP contribution in [0.25, 0.3) is 16.6 Å². The van der Waals surface area contributed by atoms with Crippen molar-refractivity contribution in [3.05, 3.63) is 54.2 Å². The molecule has 3 aromatic rings. The third kappa shape index (κ3) is 2.70. The van der Waals surface area contributed by atoms with Crippen molar-refractivity contribution in [2.45, 2.75) is 19.9 Å². The Labute approximate surface area is 136 Å². The maximum atomic E-state index is 4.59. The zero-order valence-corrected chi connectivity index (χ0v) is 13.7. The number of nitrogens with zero attached hydrogens (tertiary/aromatic N) is 3. The quantitative estimate of drug-likeness (QED) is 0.789. The van der Waals surface area contributed by atoms with Crippen LogP contribution < -0.4 is 10.2 Å². The first-order chi connectivity index (χ1) is 11.2. The van der Waals surface area contributed by atoms with E-state index in [2.05, 4.69) is 71.6 Å². The molecule has 1 aromatic heterocycles. The van der Waals surface area contributed by atoms with Crippen molar-refractivity contribution in [3.8, 4) is 5.69 Å². The molecule has 1 atom stereocenters. The molecule has 4 rings (SSSR count). The van der Waals surface area contributed by atoms with Crippen LogP contribution in [-0.4, -0.2) is 35.5 Å². The van der Waals surface area contributed by atoms with E-state index >= 15 is 0 Å². The third-order valence-electron chi connectivity index (χ3n) is 4.53. The van der Waals surface area contributed by atoms with Crippen LogP contribution in [0.15, 0.2) is 48.7 Å². The molecule has 0 amide bonds. The Morgan fingerprint density at radius 3 is 2.87 bits per heavy atom. The molecule has 2 aromatic carbocycles. The van der Waals surface area contributed by atoms with Crippen molar-refractivity contribution in [3.63, 3.8) is 0 Å². The largest absolute Gasteiger partial charge is 0.369 e. The average Bonchev–Trinajstić information content (AvgIpc) is 2.98. The number of anilines is 1. The smallest absolute Gasteiger partial charge is 0.0761 e. The van der Waals surface area contributed by atoms with Crippen LogP contribution in [-0.2, 0) is 0 Å². The Balaban J connectivity index is 1.77. The summed E-state index contributed by atoms with van der Waals surface area (Å²) < 4.78 is 2.04. The van der Waals surface area contributed by atoms with Gasteiger partial charge >= 0.3 is 0 Å². The Hall–Kier alpha value is -2.33. The second-order valence-electron chi connectivity index (χ2n) is 6.44. The van der Waals surface area contributed by atoms with Crippen molar-refractivity contribution < 1.29 is 0 Å². The molecule has 0 spiro atoms. The van der Waals surface area contributed by atoms with Gasteiger partial charge in [-0.3, -0.25) is 0 Å². The number of benzene rings is 2. The molecule has 118 valence electrons. The first-order valence-electron chi connectivity index (χ1n) is 8.24. The van der Waals surface area contributed by atoms with E-state index in [1.54, 1.807) is 0 Å². The standard InChI is InChI=1S/C19H22N4/c1-14-4-3-5-18(10-14)23-19-11-17(7-6-16(19)12-21-23)22-9-8-20-15(2)13-22/h3-7,10-12,15,20H,8-9,13H2,1-2H3. The van der Waals surface area contributed by atoms with Crippen molar-refractivity contribution in [2.75, 3.05) is 24.5 Å². The average molecular weight is 306 g/mol. The van der Waals surface area contributed by atoms with Gasteiger partial charge in [0.05, 0.1) is 17.4 Å². The van der Waals surface area contributed by atoms with E-state index in [1.165, 1.54) is 22.2 Å². The molecule has 0 saturated carbocycles. The molecule has 1 N–H and O–H groups in total. The lowest BCUT2D eigenvalue weighted by Gasteiger charge is -2.33. The summed E-state index contributed by atoms with van der Waals surface area (Å²) in [5.41, 5.74) is 4.81. The molecule has 23 heavy (non-hydrogen) atoms. The van der Waals surface area contributed by atoms with Gasteiger partial charge in [-0.1, -0.05) is 12.1 Å². The van der Waals surface area contributed by atoms with Gasteiger partial charge in [0, 0.05) is 36.7 Å². The lowest BCUT2D eigenvalue weighted by atomic mass is 10.1. The van der Waals surface area contributed by atoms with E-state index in [-0.39, 0.29) is 0 Å². The molecule has 4 heteroatoms. The minimum absolute atomic E-state index is 0.529. The van der Waals surface area contributed by atoms with Gasteiger partial charge in [0.1, 0.15) is 0 Å². The van der Waals surface area contributed by atoms with Gasteiger partial charge in [0.15, 0.2) is 0 Å². The Bertz CT molecular complexity index is 836. The Morgan fingerprint density at radius 1 is 1.13 bits per heavy atom. The number of fused-ring (bicyclic) bond motifs is 1. The van der Waals surface area contributed by atoms with Crippen molar-refractivity contribution in [2.24, 2.45) is 0 Å². The van der Waals surface area contributed by atoms with Crippen molar-refractivity contribution in [1.82, 2.24) is 15.1 Å². The Kier molecular flexibility index (Phi) is 3.54. The van der Waals surface area contributed by atoms with Crippen LogP contribution in [0.3, 0.4) is 0 Å².